The summed E-state index contributed by atoms with van der Waals surface area (Å²) < 4.78 is 2.41. The van der Waals surface area contributed by atoms with Gasteiger partial charge in [-0.15, -0.1) is 0 Å². The van der Waals surface area contributed by atoms with Gasteiger partial charge in [0.15, 0.2) is 0 Å². The number of benzene rings is 3. The molecule has 0 fully saturated rings. The van der Waals surface area contributed by atoms with Crippen molar-refractivity contribution in [3.8, 4) is 16.9 Å². The van der Waals surface area contributed by atoms with Gasteiger partial charge >= 0.3 is 0 Å². The van der Waals surface area contributed by atoms with Gasteiger partial charge in [-0.25, -0.2) is 0 Å². The number of aromatic nitrogens is 1. The number of amides is 1. The molecule has 0 bridgehead atoms. The number of carbonyl (C=O) groups excluding carboxylic acids is 1. The fourth-order valence-corrected chi connectivity index (χ4v) is 5.72. The van der Waals surface area contributed by atoms with Gasteiger partial charge < -0.3 is 9.88 Å². The zero-order valence-electron chi connectivity index (χ0n) is 19.5. The summed E-state index contributed by atoms with van der Waals surface area (Å²) in [6.45, 7) is 0. The van der Waals surface area contributed by atoms with Crippen LogP contribution in [0.4, 0.5) is 0 Å². The van der Waals surface area contributed by atoms with Crippen molar-refractivity contribution in [1.82, 2.24) is 9.88 Å². The van der Waals surface area contributed by atoms with Crippen LogP contribution in [0.3, 0.4) is 0 Å². The summed E-state index contributed by atoms with van der Waals surface area (Å²) in [5.74, 6) is 0.00562. The molecule has 0 saturated heterocycles. The molecular formula is C31H30N2O. The first-order valence-electron chi connectivity index (χ1n) is 12.6. The number of hydrogen-bond acceptors (Lipinski definition) is 1. The molecule has 4 aromatic rings. The van der Waals surface area contributed by atoms with Crippen molar-refractivity contribution < 1.29 is 4.79 Å². The standard InChI is InChI=1S/C31H30N2O/c34-31(32-28-15-8-13-22-9-4-6-14-27(22)28)24-17-19-26(20-18-24)33-29-16-7-5-12-25(29)21-30(33)23-10-2-1-3-11-23/h1-4,6,9-11,14,17-21,28H,5,7-8,12-13,15-16H2,(H,32,34)/t28-/m1/s1. The predicted octanol–water partition coefficient (Wildman–Crippen LogP) is 6.83. The number of nitrogens with zero attached hydrogens (tertiary/aromatic N) is 1. The van der Waals surface area contributed by atoms with Gasteiger partial charge in [0.1, 0.15) is 0 Å². The van der Waals surface area contributed by atoms with Gasteiger partial charge in [-0.05, 0) is 97.5 Å². The first-order chi connectivity index (χ1) is 16.8. The molecule has 0 saturated carbocycles. The molecule has 2 aliphatic carbocycles. The topological polar surface area (TPSA) is 34.0 Å². The first-order valence-corrected chi connectivity index (χ1v) is 12.6. The Morgan fingerprint density at radius 1 is 0.765 bits per heavy atom. The van der Waals surface area contributed by atoms with E-state index >= 15 is 0 Å². The van der Waals surface area contributed by atoms with E-state index in [2.05, 4.69) is 82.7 Å². The number of hydrogen-bond donors (Lipinski definition) is 1. The van der Waals surface area contributed by atoms with Crippen molar-refractivity contribution in [2.45, 2.75) is 51.0 Å². The molecule has 6 rings (SSSR count). The predicted molar refractivity (Wildman–Crippen MR) is 137 cm³/mol. The normalized spacial score (nSPS) is 17.0. The SMILES string of the molecule is O=C(N[C@@H]1CCCc2ccccc21)c1ccc(-n2c(-c3ccccc3)cc3c2CCCC3)cc1. The monoisotopic (exact) mass is 446 g/mol. The second-order valence-corrected chi connectivity index (χ2v) is 9.57. The van der Waals surface area contributed by atoms with Gasteiger partial charge in [0.05, 0.1) is 11.7 Å². The molecule has 170 valence electrons. The van der Waals surface area contributed by atoms with E-state index in [1.165, 1.54) is 46.5 Å². The molecule has 1 atom stereocenters. The van der Waals surface area contributed by atoms with Crippen LogP contribution in [-0.2, 0) is 19.3 Å². The van der Waals surface area contributed by atoms with Gasteiger partial charge in [0.25, 0.3) is 5.91 Å². The van der Waals surface area contributed by atoms with Gasteiger partial charge in [0, 0.05) is 16.9 Å². The van der Waals surface area contributed by atoms with Crippen LogP contribution in [0.25, 0.3) is 16.9 Å². The Kier molecular flexibility index (Phi) is 5.54. The molecule has 1 amide bonds. The largest absolute Gasteiger partial charge is 0.345 e. The minimum absolute atomic E-state index is 0.00562. The highest BCUT2D eigenvalue weighted by atomic mass is 16.1. The first kappa shape index (κ1) is 21.0. The third kappa shape index (κ3) is 3.86. The van der Waals surface area contributed by atoms with Crippen molar-refractivity contribution in [2.24, 2.45) is 0 Å². The lowest BCUT2D eigenvalue weighted by molar-refractivity contribution is 0.0933. The Bertz CT molecular complexity index is 1320. The summed E-state index contributed by atoms with van der Waals surface area (Å²) in [4.78, 5) is 13.1. The van der Waals surface area contributed by atoms with Crippen LogP contribution >= 0.6 is 0 Å². The van der Waals surface area contributed by atoms with E-state index in [1.54, 1.807) is 0 Å². The molecule has 3 aromatic carbocycles. The minimum Gasteiger partial charge on any atom is -0.345 e. The van der Waals surface area contributed by atoms with Crippen LogP contribution < -0.4 is 5.32 Å². The number of nitrogens with one attached hydrogen (secondary N) is 1. The molecule has 0 radical (unpaired) electrons. The summed E-state index contributed by atoms with van der Waals surface area (Å²) in [7, 11) is 0. The molecular weight excluding hydrogens is 416 g/mol. The summed E-state index contributed by atoms with van der Waals surface area (Å²) in [6, 6.07) is 29.7. The van der Waals surface area contributed by atoms with Crippen molar-refractivity contribution in [3.63, 3.8) is 0 Å². The molecule has 1 N–H and O–H groups in total. The molecule has 34 heavy (non-hydrogen) atoms. The highest BCUT2D eigenvalue weighted by Crippen LogP contribution is 2.34. The lowest BCUT2D eigenvalue weighted by Crippen LogP contribution is -2.30. The lowest BCUT2D eigenvalue weighted by atomic mass is 9.87. The maximum atomic E-state index is 13.1. The lowest BCUT2D eigenvalue weighted by Gasteiger charge is -2.26. The quantitative estimate of drug-likeness (QED) is 0.366. The Labute approximate surface area is 201 Å². The molecule has 2 aliphatic rings. The number of rotatable bonds is 4. The van der Waals surface area contributed by atoms with E-state index in [0.29, 0.717) is 5.56 Å². The number of aryl methyl sites for hydroxylation is 2. The molecule has 1 aromatic heterocycles. The zero-order valence-corrected chi connectivity index (χ0v) is 19.5. The van der Waals surface area contributed by atoms with Gasteiger partial charge in [-0.3, -0.25) is 4.79 Å². The smallest absolute Gasteiger partial charge is 0.251 e. The van der Waals surface area contributed by atoms with E-state index in [0.717, 1.165) is 37.8 Å². The van der Waals surface area contributed by atoms with Gasteiger partial charge in [-0.2, -0.15) is 0 Å². The Balaban J connectivity index is 1.29. The summed E-state index contributed by atoms with van der Waals surface area (Å²) in [5.41, 5.74) is 9.82. The van der Waals surface area contributed by atoms with E-state index in [-0.39, 0.29) is 11.9 Å². The van der Waals surface area contributed by atoms with Crippen molar-refractivity contribution >= 4 is 5.91 Å². The van der Waals surface area contributed by atoms with Crippen LogP contribution in [0.15, 0.2) is 84.9 Å². The molecule has 0 unspecified atom stereocenters. The number of fused-ring (bicyclic) bond motifs is 2. The molecule has 1 heterocycles. The van der Waals surface area contributed by atoms with Gasteiger partial charge in [0.2, 0.25) is 0 Å². The summed E-state index contributed by atoms with van der Waals surface area (Å²) >= 11 is 0. The molecule has 0 aliphatic heterocycles. The zero-order chi connectivity index (χ0) is 22.9. The van der Waals surface area contributed by atoms with E-state index in [4.69, 9.17) is 0 Å². The highest BCUT2D eigenvalue weighted by Gasteiger charge is 2.23. The summed E-state index contributed by atoms with van der Waals surface area (Å²) in [5, 5.41) is 3.29. The molecule has 3 heteroatoms. The maximum Gasteiger partial charge on any atom is 0.251 e. The van der Waals surface area contributed by atoms with Crippen LogP contribution in [0.1, 0.15) is 64.5 Å². The Hall–Kier alpha value is -3.59. The third-order valence-electron chi connectivity index (χ3n) is 7.43. The van der Waals surface area contributed by atoms with Crippen LogP contribution in [0, 0.1) is 0 Å². The van der Waals surface area contributed by atoms with Crippen LogP contribution in [0.2, 0.25) is 0 Å². The van der Waals surface area contributed by atoms with Crippen molar-refractivity contribution in [1.29, 1.82) is 0 Å². The Morgan fingerprint density at radius 3 is 2.35 bits per heavy atom. The summed E-state index contributed by atoms with van der Waals surface area (Å²) in [6.07, 6.45) is 7.95. The van der Waals surface area contributed by atoms with Crippen LogP contribution in [0.5, 0.6) is 0 Å². The minimum atomic E-state index is 0.00562. The average molecular weight is 447 g/mol. The Morgan fingerprint density at radius 2 is 1.50 bits per heavy atom. The number of carbonyl (C=O) groups is 1. The van der Waals surface area contributed by atoms with Crippen molar-refractivity contribution in [3.05, 3.63) is 113 Å². The fourth-order valence-electron chi connectivity index (χ4n) is 5.72. The highest BCUT2D eigenvalue weighted by molar-refractivity contribution is 5.94. The maximum absolute atomic E-state index is 13.1. The second kappa shape index (κ2) is 8.98. The van der Waals surface area contributed by atoms with Crippen LogP contribution in [-0.4, -0.2) is 10.5 Å². The third-order valence-corrected chi connectivity index (χ3v) is 7.43. The van der Waals surface area contributed by atoms with E-state index in [9.17, 15) is 4.79 Å². The average Bonchev–Trinajstić information content (AvgIpc) is 3.29. The molecule has 3 nitrogen and oxygen atoms in total. The van der Waals surface area contributed by atoms with Gasteiger partial charge in [-0.1, -0.05) is 54.6 Å². The van der Waals surface area contributed by atoms with E-state index in [1.807, 2.05) is 12.1 Å². The second-order valence-electron chi connectivity index (χ2n) is 9.57. The van der Waals surface area contributed by atoms with Crippen molar-refractivity contribution in [2.75, 3.05) is 0 Å². The fraction of sp³-hybridized carbons (Fsp3) is 0.258. The van der Waals surface area contributed by atoms with E-state index < -0.39 is 0 Å². The molecule has 0 spiro atoms.